The van der Waals surface area contributed by atoms with Gasteiger partial charge in [0.05, 0.1) is 37.3 Å². The Kier molecular flexibility index (Phi) is 6.85. The minimum absolute atomic E-state index is 0.138. The van der Waals surface area contributed by atoms with Crippen LogP contribution in [0.1, 0.15) is 27.7 Å². The molecule has 2 saturated heterocycles. The molecule has 3 rings (SSSR count). The van der Waals surface area contributed by atoms with Gasteiger partial charge >= 0.3 is 11.9 Å². The van der Waals surface area contributed by atoms with Crippen molar-refractivity contribution in [2.75, 3.05) is 23.0 Å². The molecule has 2 amide bonds. The third-order valence-electron chi connectivity index (χ3n) is 5.78. The van der Waals surface area contributed by atoms with Gasteiger partial charge in [0, 0.05) is 11.4 Å². The summed E-state index contributed by atoms with van der Waals surface area (Å²) in [5.41, 5.74) is 0.780. The number of nitrogens with zero attached hydrogens (tertiary/aromatic N) is 2. The zero-order valence-corrected chi connectivity index (χ0v) is 18.4. The topological polar surface area (TPSA) is 134 Å². The Bertz CT molecular complexity index is 825. The lowest BCUT2D eigenvalue weighted by Crippen LogP contribution is -2.68. The van der Waals surface area contributed by atoms with E-state index in [1.54, 1.807) is 38.1 Å². The monoisotopic (exact) mass is 448 g/mol. The molecule has 0 aliphatic carbocycles. The van der Waals surface area contributed by atoms with Gasteiger partial charge in [0.25, 0.3) is 0 Å². The maximum Gasteiger partial charge on any atom is 0.330 e. The number of esters is 2. The van der Waals surface area contributed by atoms with Crippen LogP contribution < -0.4 is 9.80 Å². The summed E-state index contributed by atoms with van der Waals surface area (Å²) in [4.78, 5) is 52.4. The molecule has 32 heavy (non-hydrogen) atoms. The molecule has 1 aromatic carbocycles. The molecular formula is C22H28N2O8. The van der Waals surface area contributed by atoms with Crippen LogP contribution in [-0.4, -0.2) is 71.5 Å². The second kappa shape index (κ2) is 9.25. The van der Waals surface area contributed by atoms with Crippen molar-refractivity contribution in [2.45, 2.75) is 52.0 Å². The first-order chi connectivity index (χ1) is 15.1. The van der Waals surface area contributed by atoms with Gasteiger partial charge in [-0.3, -0.25) is 19.4 Å². The van der Waals surface area contributed by atoms with Crippen LogP contribution in [0.5, 0.6) is 0 Å². The highest BCUT2D eigenvalue weighted by Crippen LogP contribution is 2.39. The van der Waals surface area contributed by atoms with E-state index in [1.807, 2.05) is 0 Å². The number of anilines is 2. The summed E-state index contributed by atoms with van der Waals surface area (Å²) in [6, 6.07) is 4.27. The van der Waals surface area contributed by atoms with Gasteiger partial charge < -0.3 is 19.7 Å². The highest BCUT2D eigenvalue weighted by Gasteiger charge is 2.56. The molecule has 10 nitrogen and oxygen atoms in total. The lowest BCUT2D eigenvalue weighted by Gasteiger charge is -2.47. The van der Waals surface area contributed by atoms with Crippen molar-refractivity contribution in [1.29, 1.82) is 0 Å². The van der Waals surface area contributed by atoms with Gasteiger partial charge in [0.15, 0.2) is 0 Å². The maximum absolute atomic E-state index is 12.6. The normalized spacial score (nSPS) is 26.7. The fourth-order valence-corrected chi connectivity index (χ4v) is 4.27. The lowest BCUT2D eigenvalue weighted by molar-refractivity contribution is -0.157. The summed E-state index contributed by atoms with van der Waals surface area (Å²) in [5, 5.41) is 19.8. The fourth-order valence-electron chi connectivity index (χ4n) is 4.27. The van der Waals surface area contributed by atoms with Gasteiger partial charge in [-0.2, -0.15) is 0 Å². The molecule has 0 bridgehead atoms. The first-order valence-corrected chi connectivity index (χ1v) is 10.6. The molecular weight excluding hydrogens is 420 g/mol. The van der Waals surface area contributed by atoms with E-state index in [-0.39, 0.29) is 13.2 Å². The van der Waals surface area contributed by atoms with Crippen LogP contribution in [0.25, 0.3) is 0 Å². The van der Waals surface area contributed by atoms with Gasteiger partial charge in [-0.1, -0.05) is 0 Å². The van der Waals surface area contributed by atoms with Crippen molar-refractivity contribution in [3.8, 4) is 0 Å². The largest absolute Gasteiger partial charge is 0.464 e. The molecule has 0 radical (unpaired) electrons. The summed E-state index contributed by atoms with van der Waals surface area (Å²) in [6.07, 6.45) is -2.04. The highest BCUT2D eigenvalue weighted by molar-refractivity contribution is 6.12. The van der Waals surface area contributed by atoms with Crippen LogP contribution in [0, 0.1) is 11.8 Å². The molecule has 0 unspecified atom stereocenters. The number of aliphatic hydroxyl groups excluding tert-OH is 2. The molecule has 6 atom stereocenters. The number of hydrogen-bond donors (Lipinski definition) is 2. The minimum Gasteiger partial charge on any atom is -0.464 e. The van der Waals surface area contributed by atoms with Crippen LogP contribution in [0.4, 0.5) is 11.4 Å². The van der Waals surface area contributed by atoms with Crippen molar-refractivity contribution in [2.24, 2.45) is 11.8 Å². The predicted molar refractivity (Wildman–Crippen MR) is 113 cm³/mol. The standard InChI is InChI=1S/C22H28N2O8/c1-5-31-21(29)17-15(11(3)25)19(27)23(17)13-7-9-14(10-8-13)24-18(22(30)32-6-2)16(12(4)26)20(24)28/h7-12,15-18,25-26H,5-6H2,1-4H3/t11-,12-,15-,16-,17+,18+/m1/s1. The number of benzene rings is 1. The second-order valence-electron chi connectivity index (χ2n) is 7.86. The summed E-state index contributed by atoms with van der Waals surface area (Å²) in [7, 11) is 0. The number of aliphatic hydroxyl groups is 2. The number of β-lactam (4-membered cyclic amide) rings is 2. The number of rotatable bonds is 8. The quantitative estimate of drug-likeness (QED) is 0.427. The SMILES string of the molecule is CCOC(=O)[C@@H]1[C@@H]([C@@H](C)O)C(=O)N1c1ccc(N2C(=O)[C@H]([C@@H](C)O)[C@H]2C(=O)OCC)cc1. The first-order valence-electron chi connectivity index (χ1n) is 10.6. The van der Waals surface area contributed by atoms with E-state index in [0.29, 0.717) is 11.4 Å². The molecule has 174 valence electrons. The molecule has 2 aliphatic rings. The molecule has 0 saturated carbocycles. The van der Waals surface area contributed by atoms with Crippen LogP contribution in [0.2, 0.25) is 0 Å². The lowest BCUT2D eigenvalue weighted by atomic mass is 9.82. The van der Waals surface area contributed by atoms with E-state index in [2.05, 4.69) is 0 Å². The molecule has 2 heterocycles. The molecule has 10 heteroatoms. The Morgan fingerprint density at radius 3 is 1.38 bits per heavy atom. The van der Waals surface area contributed by atoms with Crippen LogP contribution in [0.15, 0.2) is 24.3 Å². The predicted octanol–water partition coefficient (Wildman–Crippen LogP) is 0.237. The van der Waals surface area contributed by atoms with Crippen molar-refractivity contribution in [1.82, 2.24) is 0 Å². The molecule has 2 fully saturated rings. The Labute approximate surface area is 185 Å². The van der Waals surface area contributed by atoms with E-state index in [0.717, 1.165) is 0 Å². The molecule has 2 N–H and O–H groups in total. The summed E-state index contributed by atoms with van der Waals surface area (Å²) in [5.74, 6) is -3.84. The third-order valence-corrected chi connectivity index (χ3v) is 5.78. The van der Waals surface area contributed by atoms with Crippen LogP contribution >= 0.6 is 0 Å². The average molecular weight is 448 g/mol. The van der Waals surface area contributed by atoms with Crippen molar-refractivity contribution < 1.29 is 38.9 Å². The summed E-state index contributed by atoms with van der Waals surface area (Å²) >= 11 is 0. The zero-order chi connectivity index (χ0) is 23.7. The summed E-state index contributed by atoms with van der Waals surface area (Å²) < 4.78 is 10.1. The van der Waals surface area contributed by atoms with Crippen molar-refractivity contribution in [3.05, 3.63) is 24.3 Å². The number of amides is 2. The molecule has 0 aromatic heterocycles. The fraction of sp³-hybridized carbons (Fsp3) is 0.545. The van der Waals surface area contributed by atoms with Crippen LogP contribution in [0.3, 0.4) is 0 Å². The molecule has 1 aromatic rings. The first kappa shape index (κ1) is 23.7. The van der Waals surface area contributed by atoms with Crippen LogP contribution in [-0.2, 0) is 28.7 Å². The molecule has 2 aliphatic heterocycles. The Hall–Kier alpha value is -2.98. The van der Waals surface area contributed by atoms with Gasteiger partial charge in [-0.15, -0.1) is 0 Å². The van der Waals surface area contributed by atoms with Crippen molar-refractivity contribution in [3.63, 3.8) is 0 Å². The maximum atomic E-state index is 12.6. The number of carbonyl (C=O) groups is 4. The van der Waals surface area contributed by atoms with Gasteiger partial charge in [-0.05, 0) is 52.0 Å². The number of hydrogen-bond acceptors (Lipinski definition) is 8. The number of ether oxygens (including phenoxy) is 2. The van der Waals surface area contributed by atoms with Gasteiger partial charge in [0.1, 0.15) is 12.1 Å². The van der Waals surface area contributed by atoms with E-state index < -0.39 is 59.9 Å². The van der Waals surface area contributed by atoms with E-state index in [1.165, 1.54) is 23.6 Å². The van der Waals surface area contributed by atoms with Crippen molar-refractivity contribution >= 4 is 35.1 Å². The smallest absolute Gasteiger partial charge is 0.330 e. The third kappa shape index (κ3) is 3.84. The Morgan fingerprint density at radius 2 is 1.12 bits per heavy atom. The van der Waals surface area contributed by atoms with Gasteiger partial charge in [0.2, 0.25) is 11.8 Å². The van der Waals surface area contributed by atoms with E-state index in [9.17, 15) is 29.4 Å². The number of carbonyl (C=O) groups excluding carboxylic acids is 4. The Morgan fingerprint density at radius 1 is 0.812 bits per heavy atom. The average Bonchev–Trinajstić information content (AvgIpc) is 2.70. The highest BCUT2D eigenvalue weighted by atomic mass is 16.5. The van der Waals surface area contributed by atoms with E-state index >= 15 is 0 Å². The Balaban J connectivity index is 1.85. The van der Waals surface area contributed by atoms with Gasteiger partial charge in [-0.25, -0.2) is 9.59 Å². The zero-order valence-electron chi connectivity index (χ0n) is 18.4. The summed E-state index contributed by atoms with van der Waals surface area (Å²) in [6.45, 7) is 6.47. The molecule has 0 spiro atoms. The minimum atomic E-state index is -1.02. The van der Waals surface area contributed by atoms with E-state index in [4.69, 9.17) is 9.47 Å². The second-order valence-corrected chi connectivity index (χ2v) is 7.86.